The minimum Gasteiger partial charge on any atom is -0.493 e. The highest BCUT2D eigenvalue weighted by Gasteiger charge is 2.17. The van der Waals surface area contributed by atoms with Crippen molar-refractivity contribution >= 4 is 11.7 Å². The zero-order valence-electron chi connectivity index (χ0n) is 10.3. The first kappa shape index (κ1) is 14.0. The highest BCUT2D eigenvalue weighted by molar-refractivity contribution is 5.91. The van der Waals surface area contributed by atoms with Crippen molar-refractivity contribution in [3.05, 3.63) is 33.9 Å². The molecule has 6 nitrogen and oxygen atoms in total. The Hall–Kier alpha value is -2.11. The van der Waals surface area contributed by atoms with Crippen molar-refractivity contribution in [2.24, 2.45) is 5.92 Å². The summed E-state index contributed by atoms with van der Waals surface area (Å²) in [4.78, 5) is 20.9. The van der Waals surface area contributed by atoms with Gasteiger partial charge in [-0.2, -0.15) is 0 Å². The number of aromatic carboxylic acids is 1. The second kappa shape index (κ2) is 6.00. The van der Waals surface area contributed by atoms with Gasteiger partial charge in [-0.15, -0.1) is 0 Å². The van der Waals surface area contributed by atoms with E-state index in [1.807, 2.05) is 13.8 Å². The number of hydrogen-bond acceptors (Lipinski definition) is 4. The number of nitro benzene ring substituents is 1. The maximum atomic E-state index is 11.0. The van der Waals surface area contributed by atoms with Crippen molar-refractivity contribution in [3.8, 4) is 5.75 Å². The van der Waals surface area contributed by atoms with E-state index in [9.17, 15) is 14.9 Å². The molecule has 0 radical (unpaired) electrons. The summed E-state index contributed by atoms with van der Waals surface area (Å²) in [6, 6.07) is 3.56. The molecule has 0 aliphatic carbocycles. The van der Waals surface area contributed by atoms with Crippen molar-refractivity contribution < 1.29 is 19.6 Å². The third kappa shape index (κ3) is 3.73. The van der Waals surface area contributed by atoms with Crippen LogP contribution in [0.4, 0.5) is 5.69 Å². The minimum atomic E-state index is -1.24. The lowest BCUT2D eigenvalue weighted by Crippen LogP contribution is -2.07. The molecule has 0 heterocycles. The Morgan fingerprint density at radius 1 is 1.50 bits per heavy atom. The molecule has 0 saturated heterocycles. The van der Waals surface area contributed by atoms with E-state index in [0.717, 1.165) is 12.5 Å². The third-order valence-corrected chi connectivity index (χ3v) is 2.36. The number of rotatable bonds is 6. The van der Waals surface area contributed by atoms with Gasteiger partial charge in [0, 0.05) is 12.1 Å². The van der Waals surface area contributed by atoms with Gasteiger partial charge in [0.05, 0.1) is 11.5 Å². The predicted octanol–water partition coefficient (Wildman–Crippen LogP) is 2.72. The first-order chi connectivity index (χ1) is 8.41. The van der Waals surface area contributed by atoms with Crippen molar-refractivity contribution in [1.29, 1.82) is 0 Å². The smallest absolute Gasteiger partial charge is 0.339 e. The molecular formula is C12H15NO5. The fourth-order valence-corrected chi connectivity index (χ4v) is 1.33. The Bertz CT molecular complexity index is 456. The van der Waals surface area contributed by atoms with E-state index in [2.05, 4.69) is 0 Å². The van der Waals surface area contributed by atoms with Gasteiger partial charge in [-0.1, -0.05) is 13.8 Å². The lowest BCUT2D eigenvalue weighted by atomic mass is 10.1. The Morgan fingerprint density at radius 3 is 2.67 bits per heavy atom. The lowest BCUT2D eigenvalue weighted by molar-refractivity contribution is -0.384. The zero-order valence-corrected chi connectivity index (χ0v) is 10.3. The van der Waals surface area contributed by atoms with E-state index in [1.54, 1.807) is 0 Å². The molecule has 0 fully saturated rings. The van der Waals surface area contributed by atoms with Gasteiger partial charge in [-0.3, -0.25) is 10.1 Å². The van der Waals surface area contributed by atoms with Gasteiger partial charge in [-0.05, 0) is 18.4 Å². The molecule has 6 heteroatoms. The van der Waals surface area contributed by atoms with Gasteiger partial charge in [0.25, 0.3) is 5.69 Å². The summed E-state index contributed by atoms with van der Waals surface area (Å²) in [7, 11) is 0. The van der Waals surface area contributed by atoms with Crippen LogP contribution in [0, 0.1) is 16.0 Å². The van der Waals surface area contributed by atoms with Crippen LogP contribution >= 0.6 is 0 Å². The molecule has 1 aromatic carbocycles. The first-order valence-corrected chi connectivity index (χ1v) is 5.56. The molecule has 18 heavy (non-hydrogen) atoms. The van der Waals surface area contributed by atoms with Gasteiger partial charge in [-0.25, -0.2) is 4.79 Å². The lowest BCUT2D eigenvalue weighted by Gasteiger charge is -2.10. The van der Waals surface area contributed by atoms with Crippen LogP contribution in [0.5, 0.6) is 5.75 Å². The largest absolute Gasteiger partial charge is 0.493 e. The SMILES string of the molecule is CC(C)CCOc1ccc([N+](=O)[O-])cc1C(=O)O. The summed E-state index contributed by atoms with van der Waals surface area (Å²) in [5.41, 5.74) is -0.448. The number of carboxylic acid groups (broad SMARTS) is 1. The van der Waals surface area contributed by atoms with E-state index >= 15 is 0 Å². The van der Waals surface area contributed by atoms with Crippen LogP contribution in [0.15, 0.2) is 18.2 Å². The number of benzene rings is 1. The number of ether oxygens (including phenoxy) is 1. The van der Waals surface area contributed by atoms with Crippen molar-refractivity contribution in [1.82, 2.24) is 0 Å². The summed E-state index contributed by atoms with van der Waals surface area (Å²) in [6.07, 6.45) is 0.788. The van der Waals surface area contributed by atoms with Gasteiger partial charge < -0.3 is 9.84 Å². The maximum Gasteiger partial charge on any atom is 0.339 e. The molecule has 0 amide bonds. The second-order valence-corrected chi connectivity index (χ2v) is 4.27. The van der Waals surface area contributed by atoms with E-state index in [1.165, 1.54) is 12.1 Å². The van der Waals surface area contributed by atoms with E-state index in [-0.39, 0.29) is 17.0 Å². The summed E-state index contributed by atoms with van der Waals surface area (Å²) in [5.74, 6) is -0.636. The zero-order chi connectivity index (χ0) is 13.7. The summed E-state index contributed by atoms with van der Waals surface area (Å²) >= 11 is 0. The molecule has 0 saturated carbocycles. The molecule has 0 aliphatic rings. The van der Waals surface area contributed by atoms with Gasteiger partial charge in [0.1, 0.15) is 11.3 Å². The van der Waals surface area contributed by atoms with Gasteiger partial charge >= 0.3 is 5.97 Å². The number of nitrogens with zero attached hydrogens (tertiary/aromatic N) is 1. The van der Waals surface area contributed by atoms with Crippen LogP contribution < -0.4 is 4.74 Å². The molecule has 98 valence electrons. The molecule has 0 spiro atoms. The average Bonchev–Trinajstić information content (AvgIpc) is 2.28. The van der Waals surface area contributed by atoms with Gasteiger partial charge in [0.2, 0.25) is 0 Å². The van der Waals surface area contributed by atoms with Crippen LogP contribution in [0.25, 0.3) is 0 Å². The molecule has 0 unspecified atom stereocenters. The molecule has 1 rings (SSSR count). The van der Waals surface area contributed by atoms with E-state index in [4.69, 9.17) is 9.84 Å². The molecule has 0 aliphatic heterocycles. The minimum absolute atomic E-state index is 0.161. The van der Waals surface area contributed by atoms with Crippen LogP contribution in [-0.4, -0.2) is 22.6 Å². The Labute approximate surface area is 104 Å². The van der Waals surface area contributed by atoms with E-state index < -0.39 is 10.9 Å². The highest BCUT2D eigenvalue weighted by Crippen LogP contribution is 2.24. The quantitative estimate of drug-likeness (QED) is 0.621. The Morgan fingerprint density at radius 2 is 2.17 bits per heavy atom. The van der Waals surface area contributed by atoms with Gasteiger partial charge in [0.15, 0.2) is 0 Å². The van der Waals surface area contributed by atoms with Crippen molar-refractivity contribution in [2.45, 2.75) is 20.3 Å². The summed E-state index contributed by atoms with van der Waals surface area (Å²) < 4.78 is 5.34. The number of non-ortho nitro benzene ring substituents is 1. The molecule has 0 bridgehead atoms. The summed E-state index contributed by atoms with van der Waals surface area (Å²) in [5, 5.41) is 19.5. The molecule has 0 atom stereocenters. The topological polar surface area (TPSA) is 89.7 Å². The van der Waals surface area contributed by atoms with Crippen molar-refractivity contribution in [2.75, 3.05) is 6.61 Å². The predicted molar refractivity (Wildman–Crippen MR) is 65.0 cm³/mol. The highest BCUT2D eigenvalue weighted by atomic mass is 16.6. The van der Waals surface area contributed by atoms with Crippen LogP contribution in [0.2, 0.25) is 0 Å². The number of hydrogen-bond donors (Lipinski definition) is 1. The number of carboxylic acids is 1. The van der Waals surface area contributed by atoms with Crippen LogP contribution in [0.1, 0.15) is 30.6 Å². The normalized spacial score (nSPS) is 10.4. The molecule has 0 aromatic heterocycles. The maximum absolute atomic E-state index is 11.0. The average molecular weight is 253 g/mol. The standard InChI is InChI=1S/C12H15NO5/c1-8(2)5-6-18-11-4-3-9(13(16)17)7-10(11)12(14)15/h3-4,7-8H,5-6H2,1-2H3,(H,14,15). The fourth-order valence-electron chi connectivity index (χ4n) is 1.33. The monoisotopic (exact) mass is 253 g/mol. The molecule has 1 aromatic rings. The van der Waals surface area contributed by atoms with Crippen LogP contribution in [0.3, 0.4) is 0 Å². The number of nitro groups is 1. The third-order valence-electron chi connectivity index (χ3n) is 2.36. The second-order valence-electron chi connectivity index (χ2n) is 4.27. The summed E-state index contributed by atoms with van der Waals surface area (Å²) in [6.45, 7) is 4.43. The van der Waals surface area contributed by atoms with E-state index in [0.29, 0.717) is 12.5 Å². The Kier molecular flexibility index (Phi) is 4.65. The fraction of sp³-hybridized carbons (Fsp3) is 0.417. The molecular weight excluding hydrogens is 238 g/mol. The number of carbonyl (C=O) groups is 1. The Balaban J connectivity index is 2.90. The van der Waals surface area contributed by atoms with Crippen molar-refractivity contribution in [3.63, 3.8) is 0 Å². The first-order valence-electron chi connectivity index (χ1n) is 5.56. The molecule has 1 N–H and O–H groups in total. The van der Waals surface area contributed by atoms with Crippen LogP contribution in [-0.2, 0) is 0 Å².